The van der Waals surface area contributed by atoms with Gasteiger partial charge in [0.1, 0.15) is 11.2 Å². The number of pyridine rings is 1. The van der Waals surface area contributed by atoms with Crippen LogP contribution in [0.25, 0.3) is 10.2 Å². The Morgan fingerprint density at radius 3 is 2.85 bits per heavy atom. The van der Waals surface area contributed by atoms with Gasteiger partial charge in [-0.15, -0.1) is 27.8 Å². The normalized spacial score (nSPS) is 11.6. The van der Waals surface area contributed by atoms with Crippen LogP contribution in [0.5, 0.6) is 0 Å². The summed E-state index contributed by atoms with van der Waals surface area (Å²) in [6.45, 7) is 2.56. The first-order chi connectivity index (χ1) is 13.2. The number of aryl methyl sites for hydroxylation is 1. The minimum Gasteiger partial charge on any atom is -0.391 e. The van der Waals surface area contributed by atoms with Crippen molar-refractivity contribution in [2.24, 2.45) is 10.2 Å². The fraction of sp³-hybridized carbons (Fsp3) is 0.211. The molecule has 0 aliphatic carbocycles. The second kappa shape index (κ2) is 7.99. The van der Waals surface area contributed by atoms with Crippen molar-refractivity contribution in [1.29, 1.82) is 0 Å². The summed E-state index contributed by atoms with van der Waals surface area (Å²) in [5.41, 5.74) is 2.29. The molecule has 136 valence electrons. The standard InChI is InChI=1S/C19H17N5OS2/c1-12-5-15(10-25)26-17(12)9-23-24-18-16-7-14(27-19(16)22-11-21-18)6-13-3-2-4-20-8-13/h2-5,7-8,11,25H,6,9-10H2,1H3. The summed E-state index contributed by atoms with van der Waals surface area (Å²) >= 11 is 3.20. The highest BCUT2D eigenvalue weighted by molar-refractivity contribution is 7.18. The van der Waals surface area contributed by atoms with Crippen molar-refractivity contribution in [3.05, 3.63) is 68.7 Å². The van der Waals surface area contributed by atoms with Gasteiger partial charge in [-0.1, -0.05) is 6.07 Å². The zero-order chi connectivity index (χ0) is 18.6. The molecule has 0 fully saturated rings. The maximum Gasteiger partial charge on any atom is 0.185 e. The molecule has 4 aromatic heterocycles. The van der Waals surface area contributed by atoms with E-state index in [0.717, 1.165) is 37.5 Å². The smallest absolute Gasteiger partial charge is 0.185 e. The van der Waals surface area contributed by atoms with Crippen LogP contribution in [-0.2, 0) is 19.6 Å². The second-order valence-electron chi connectivity index (χ2n) is 6.04. The van der Waals surface area contributed by atoms with Gasteiger partial charge in [0.05, 0.1) is 18.5 Å². The van der Waals surface area contributed by atoms with Crippen LogP contribution in [0, 0.1) is 6.92 Å². The van der Waals surface area contributed by atoms with Crippen LogP contribution in [0.4, 0.5) is 5.82 Å². The van der Waals surface area contributed by atoms with E-state index in [1.165, 1.54) is 11.2 Å². The molecular formula is C19H17N5OS2. The predicted molar refractivity (Wildman–Crippen MR) is 108 cm³/mol. The lowest BCUT2D eigenvalue weighted by Gasteiger charge is -1.95. The average molecular weight is 396 g/mol. The molecule has 0 aliphatic heterocycles. The number of thiophene rings is 2. The van der Waals surface area contributed by atoms with Crippen LogP contribution in [0.1, 0.15) is 25.8 Å². The van der Waals surface area contributed by atoms with Crippen LogP contribution in [0.3, 0.4) is 0 Å². The fourth-order valence-electron chi connectivity index (χ4n) is 2.76. The molecule has 1 N–H and O–H groups in total. The Kier molecular flexibility index (Phi) is 5.28. The second-order valence-corrected chi connectivity index (χ2v) is 8.38. The number of fused-ring (bicyclic) bond motifs is 1. The van der Waals surface area contributed by atoms with E-state index in [1.807, 2.05) is 25.3 Å². The number of hydrogen-bond donors (Lipinski definition) is 1. The highest BCUT2D eigenvalue weighted by Gasteiger charge is 2.10. The maximum absolute atomic E-state index is 9.24. The van der Waals surface area contributed by atoms with Crippen molar-refractivity contribution >= 4 is 38.7 Å². The topological polar surface area (TPSA) is 83.6 Å². The van der Waals surface area contributed by atoms with E-state index < -0.39 is 0 Å². The summed E-state index contributed by atoms with van der Waals surface area (Å²) in [6, 6.07) is 8.08. The van der Waals surface area contributed by atoms with Gasteiger partial charge in [-0.2, -0.15) is 5.11 Å². The molecule has 0 saturated heterocycles. The molecule has 0 saturated carbocycles. The summed E-state index contributed by atoms with van der Waals surface area (Å²) < 4.78 is 0. The molecule has 6 nitrogen and oxygen atoms in total. The Labute approximate surface area is 164 Å². The van der Waals surface area contributed by atoms with Gasteiger partial charge in [0.2, 0.25) is 0 Å². The summed E-state index contributed by atoms with van der Waals surface area (Å²) in [5, 5.41) is 18.8. The molecule has 0 unspecified atom stereocenters. The van der Waals surface area contributed by atoms with E-state index in [4.69, 9.17) is 0 Å². The van der Waals surface area contributed by atoms with Crippen molar-refractivity contribution in [3.63, 3.8) is 0 Å². The zero-order valence-corrected chi connectivity index (χ0v) is 16.3. The third-order valence-electron chi connectivity index (χ3n) is 4.07. The first-order valence-electron chi connectivity index (χ1n) is 8.42. The maximum atomic E-state index is 9.24. The van der Waals surface area contributed by atoms with Crippen molar-refractivity contribution in [3.8, 4) is 0 Å². The monoisotopic (exact) mass is 395 g/mol. The van der Waals surface area contributed by atoms with E-state index in [-0.39, 0.29) is 6.61 Å². The Balaban J connectivity index is 1.55. The molecule has 0 spiro atoms. The lowest BCUT2D eigenvalue weighted by Crippen LogP contribution is -1.84. The van der Waals surface area contributed by atoms with Crippen molar-refractivity contribution in [1.82, 2.24) is 15.0 Å². The van der Waals surface area contributed by atoms with Crippen molar-refractivity contribution in [2.75, 3.05) is 0 Å². The highest BCUT2D eigenvalue weighted by atomic mass is 32.1. The van der Waals surface area contributed by atoms with E-state index in [2.05, 4.69) is 37.3 Å². The van der Waals surface area contributed by atoms with E-state index in [1.54, 1.807) is 28.9 Å². The van der Waals surface area contributed by atoms with E-state index in [9.17, 15) is 5.11 Å². The minimum absolute atomic E-state index is 0.0593. The molecule has 8 heteroatoms. The molecule has 0 bridgehead atoms. The fourth-order valence-corrected chi connectivity index (χ4v) is 4.74. The highest BCUT2D eigenvalue weighted by Crippen LogP contribution is 2.31. The van der Waals surface area contributed by atoms with Gasteiger partial charge in [0.15, 0.2) is 5.82 Å². The Morgan fingerprint density at radius 1 is 1.15 bits per heavy atom. The third-order valence-corrected chi connectivity index (χ3v) is 6.32. The number of azo groups is 1. The Morgan fingerprint density at radius 2 is 2.07 bits per heavy atom. The van der Waals surface area contributed by atoms with Crippen LogP contribution < -0.4 is 0 Å². The first-order valence-corrected chi connectivity index (χ1v) is 10.0. The van der Waals surface area contributed by atoms with Gasteiger partial charge in [0.25, 0.3) is 0 Å². The number of aromatic nitrogens is 3. The number of hydrogen-bond acceptors (Lipinski definition) is 8. The largest absolute Gasteiger partial charge is 0.391 e. The quantitative estimate of drug-likeness (QED) is 0.474. The lowest BCUT2D eigenvalue weighted by atomic mass is 10.2. The van der Waals surface area contributed by atoms with E-state index >= 15 is 0 Å². The molecule has 0 radical (unpaired) electrons. The summed E-state index contributed by atoms with van der Waals surface area (Å²) in [7, 11) is 0. The number of nitrogens with zero attached hydrogens (tertiary/aromatic N) is 5. The average Bonchev–Trinajstić information content (AvgIpc) is 3.26. The zero-order valence-electron chi connectivity index (χ0n) is 14.7. The molecule has 4 heterocycles. The minimum atomic E-state index is 0.0593. The van der Waals surface area contributed by atoms with Gasteiger partial charge in [-0.3, -0.25) is 4.98 Å². The number of aliphatic hydroxyl groups excluding tert-OH is 1. The SMILES string of the molecule is Cc1cc(CO)sc1CN=Nc1ncnc2sc(Cc3cccnc3)cc12. The predicted octanol–water partition coefficient (Wildman–Crippen LogP) is 4.82. The molecular weight excluding hydrogens is 378 g/mol. The van der Waals surface area contributed by atoms with Crippen molar-refractivity contribution in [2.45, 2.75) is 26.5 Å². The summed E-state index contributed by atoms with van der Waals surface area (Å²) in [5.74, 6) is 0.588. The van der Waals surface area contributed by atoms with Crippen molar-refractivity contribution < 1.29 is 5.11 Å². The van der Waals surface area contributed by atoms with Crippen LogP contribution >= 0.6 is 22.7 Å². The van der Waals surface area contributed by atoms with Gasteiger partial charge < -0.3 is 5.11 Å². The Hall–Kier alpha value is -2.55. The summed E-state index contributed by atoms with van der Waals surface area (Å²) in [6.07, 6.45) is 5.99. The lowest BCUT2D eigenvalue weighted by molar-refractivity contribution is 0.285. The number of rotatable bonds is 6. The number of aliphatic hydroxyl groups is 1. The Bertz CT molecular complexity index is 1090. The van der Waals surface area contributed by atoms with Crippen LogP contribution in [0.15, 0.2) is 53.2 Å². The third kappa shape index (κ3) is 4.08. The molecule has 4 aromatic rings. The van der Waals surface area contributed by atoms with Gasteiger partial charge in [-0.25, -0.2) is 9.97 Å². The molecule has 0 atom stereocenters. The van der Waals surface area contributed by atoms with E-state index in [0.29, 0.717) is 12.4 Å². The molecule has 0 aromatic carbocycles. The summed E-state index contributed by atoms with van der Waals surface area (Å²) in [4.78, 5) is 17.0. The molecule has 4 rings (SSSR count). The molecule has 0 amide bonds. The van der Waals surface area contributed by atoms with Crippen LogP contribution in [0.2, 0.25) is 0 Å². The molecule has 0 aliphatic rings. The van der Waals surface area contributed by atoms with Gasteiger partial charge in [0, 0.05) is 33.4 Å². The van der Waals surface area contributed by atoms with Gasteiger partial charge >= 0.3 is 0 Å². The van der Waals surface area contributed by atoms with Crippen LogP contribution in [-0.4, -0.2) is 20.1 Å². The molecule has 27 heavy (non-hydrogen) atoms. The van der Waals surface area contributed by atoms with Gasteiger partial charge in [-0.05, 0) is 36.2 Å². The first kappa shape index (κ1) is 17.8.